The fourth-order valence-electron chi connectivity index (χ4n) is 3.80. The third-order valence-corrected chi connectivity index (χ3v) is 7.71. The Bertz CT molecular complexity index is 1230. The molecule has 0 saturated carbocycles. The predicted molar refractivity (Wildman–Crippen MR) is 136 cm³/mol. The second-order valence-electron chi connectivity index (χ2n) is 8.21. The van der Waals surface area contributed by atoms with E-state index in [4.69, 9.17) is 16.3 Å². The molecule has 11 heteroatoms. The molecule has 1 saturated heterocycles. The minimum Gasteiger partial charge on any atom is -0.488 e. The van der Waals surface area contributed by atoms with Crippen LogP contribution in [0, 0.1) is 0 Å². The Labute approximate surface area is 214 Å². The fourth-order valence-corrected chi connectivity index (χ4v) is 6.04. The normalized spacial score (nSPS) is 17.1. The molecule has 3 aromatic rings. The van der Waals surface area contributed by atoms with Gasteiger partial charge >= 0.3 is 12.1 Å². The Balaban J connectivity index is 1.53. The number of ether oxygens (including phenoxy) is 1. The Morgan fingerprint density at radius 1 is 1.23 bits per heavy atom. The van der Waals surface area contributed by atoms with Gasteiger partial charge in [0.15, 0.2) is 0 Å². The van der Waals surface area contributed by atoms with Crippen LogP contribution in [0.3, 0.4) is 0 Å². The van der Waals surface area contributed by atoms with Gasteiger partial charge in [0.1, 0.15) is 16.2 Å². The van der Waals surface area contributed by atoms with Crippen molar-refractivity contribution in [1.82, 2.24) is 4.90 Å². The predicted octanol–water partition coefficient (Wildman–Crippen LogP) is 5.98. The van der Waals surface area contributed by atoms with Crippen molar-refractivity contribution in [1.29, 1.82) is 0 Å². The number of hydrogen-bond donors (Lipinski definition) is 3. The van der Waals surface area contributed by atoms with Crippen molar-refractivity contribution < 1.29 is 28.0 Å². The maximum atomic E-state index is 13.6. The van der Waals surface area contributed by atoms with Gasteiger partial charge in [0.05, 0.1) is 22.3 Å². The molecule has 0 bridgehead atoms. The molecule has 2 aromatic carbocycles. The van der Waals surface area contributed by atoms with E-state index >= 15 is 0 Å². The molecule has 1 aliphatic rings. The molecule has 0 radical (unpaired) electrons. The number of aliphatic hydroxyl groups is 1. The molecular formula is C24H24ClF3N3O2S2+. The summed E-state index contributed by atoms with van der Waals surface area (Å²) < 4.78 is 50.9. The van der Waals surface area contributed by atoms with Gasteiger partial charge in [-0.15, -0.1) is 11.3 Å². The van der Waals surface area contributed by atoms with Gasteiger partial charge in [-0.3, -0.25) is 0 Å². The summed E-state index contributed by atoms with van der Waals surface area (Å²) >= 11 is 9.10. The second kappa shape index (κ2) is 10.7. The van der Waals surface area contributed by atoms with Crippen molar-refractivity contribution in [3.63, 3.8) is 0 Å². The summed E-state index contributed by atoms with van der Waals surface area (Å²) in [4.78, 5) is 4.94. The van der Waals surface area contributed by atoms with E-state index in [-0.39, 0.29) is 17.8 Å². The van der Waals surface area contributed by atoms with E-state index in [1.165, 1.54) is 35.4 Å². The van der Waals surface area contributed by atoms with Gasteiger partial charge in [-0.25, -0.2) is 0 Å². The van der Waals surface area contributed by atoms with Crippen LogP contribution in [0.15, 0.2) is 52.7 Å². The minimum atomic E-state index is -4.51. The lowest BCUT2D eigenvalue weighted by Gasteiger charge is -2.19. The van der Waals surface area contributed by atoms with E-state index in [0.29, 0.717) is 28.7 Å². The van der Waals surface area contributed by atoms with E-state index in [1.807, 2.05) is 42.3 Å². The average molecular weight is 543 g/mol. The van der Waals surface area contributed by atoms with Crippen molar-refractivity contribution in [2.45, 2.75) is 29.8 Å². The van der Waals surface area contributed by atoms with E-state index in [1.54, 1.807) is 6.92 Å². The number of anilines is 1. The van der Waals surface area contributed by atoms with Crippen LogP contribution >= 0.6 is 34.9 Å². The minimum absolute atomic E-state index is 0.0599. The van der Waals surface area contributed by atoms with Crippen LogP contribution in [0.4, 0.5) is 24.5 Å². The smallest absolute Gasteiger partial charge is 0.419 e. The van der Waals surface area contributed by atoms with E-state index < -0.39 is 11.7 Å². The second-order valence-corrected chi connectivity index (χ2v) is 11.0. The van der Waals surface area contributed by atoms with Crippen LogP contribution in [-0.4, -0.2) is 42.1 Å². The molecule has 0 unspecified atom stereocenters. The number of likely N-dealkylation sites (N-methyl/N-ethyl adjacent to an activating group) is 1. The lowest BCUT2D eigenvalue weighted by molar-refractivity contribution is -0.365. The number of hydrogen-bond acceptors (Lipinski definition) is 5. The van der Waals surface area contributed by atoms with Gasteiger partial charge < -0.3 is 19.5 Å². The highest BCUT2D eigenvalue weighted by Gasteiger charge is 2.35. The van der Waals surface area contributed by atoms with Gasteiger partial charge in [-0.2, -0.15) is 18.2 Å². The van der Waals surface area contributed by atoms with Crippen molar-refractivity contribution >= 4 is 52.2 Å². The molecular weight excluding hydrogens is 519 g/mol. The first-order chi connectivity index (χ1) is 16.6. The zero-order valence-electron chi connectivity index (χ0n) is 18.9. The quantitative estimate of drug-likeness (QED) is 0.195. The molecule has 0 aliphatic carbocycles. The first kappa shape index (κ1) is 25.7. The molecule has 186 valence electrons. The summed E-state index contributed by atoms with van der Waals surface area (Å²) in [6.45, 7) is 2.92. The summed E-state index contributed by atoms with van der Waals surface area (Å²) in [5.41, 5.74) is 2.01. The Morgan fingerprint density at radius 3 is 2.69 bits per heavy atom. The third kappa shape index (κ3) is 6.43. The van der Waals surface area contributed by atoms with E-state index in [2.05, 4.69) is 9.71 Å². The summed E-state index contributed by atoms with van der Waals surface area (Å²) in [7, 11) is 1.92. The lowest BCUT2D eigenvalue weighted by Crippen LogP contribution is -2.65. The number of likely N-dealkylation sites (tertiary alicyclic amines) is 1. The van der Waals surface area contributed by atoms with Crippen LogP contribution in [-0.2, 0) is 6.18 Å². The Hall–Kier alpha value is -2.40. The van der Waals surface area contributed by atoms with Crippen LogP contribution in [0.2, 0.25) is 4.34 Å². The number of para-hydroxylation sites is 1. The molecule has 3 N–H and O–H groups in total. The highest BCUT2D eigenvalue weighted by atomic mass is 35.5. The van der Waals surface area contributed by atoms with Crippen LogP contribution in [0.5, 0.6) is 5.75 Å². The van der Waals surface area contributed by atoms with Gasteiger partial charge in [0, 0.05) is 36.5 Å². The highest BCUT2D eigenvalue weighted by molar-refractivity contribution is 8.02. The number of halogens is 4. The molecule has 35 heavy (non-hydrogen) atoms. The average Bonchev–Trinajstić information content (AvgIpc) is 3.36. The summed E-state index contributed by atoms with van der Waals surface area (Å²) in [5.74, 6) is -0.117. The number of thiophene rings is 1. The van der Waals surface area contributed by atoms with Gasteiger partial charge in [0.2, 0.25) is 5.69 Å². The number of nitrogens with zero attached hydrogens (tertiary/aromatic N) is 1. The molecule has 1 atom stereocenters. The first-order valence-corrected chi connectivity index (χ1v) is 12.8. The fraction of sp³-hybridized carbons (Fsp3) is 0.292. The molecule has 2 heterocycles. The number of benzene rings is 2. The number of alkyl halides is 3. The molecule has 0 spiro atoms. The zero-order valence-corrected chi connectivity index (χ0v) is 21.3. The van der Waals surface area contributed by atoms with Crippen molar-refractivity contribution in [3.8, 4) is 16.9 Å². The SMILES string of the molecule is CC(O)=[NH+]c1ccccc1-c1cc(SNc2ccc(C(F)(F)F)c(O[C@@H]3CCN(C)C3)c2)sc1Cl. The van der Waals surface area contributed by atoms with Gasteiger partial charge in [-0.1, -0.05) is 23.7 Å². The molecule has 1 aromatic heterocycles. The number of rotatable bonds is 7. The highest BCUT2D eigenvalue weighted by Crippen LogP contribution is 2.43. The molecule has 1 fully saturated rings. The number of aliphatic hydroxyl groups excluding tert-OH is 1. The maximum Gasteiger partial charge on any atom is 0.419 e. The van der Waals surface area contributed by atoms with Gasteiger partial charge in [-0.05, 0) is 49.7 Å². The van der Waals surface area contributed by atoms with E-state index in [0.717, 1.165) is 27.9 Å². The van der Waals surface area contributed by atoms with Crippen molar-refractivity contribution in [2.75, 3.05) is 24.9 Å². The van der Waals surface area contributed by atoms with E-state index in [9.17, 15) is 18.3 Å². The van der Waals surface area contributed by atoms with Crippen LogP contribution in [0.1, 0.15) is 18.9 Å². The Morgan fingerprint density at radius 2 is 2.00 bits per heavy atom. The van der Waals surface area contributed by atoms with Crippen LogP contribution in [0.25, 0.3) is 11.1 Å². The Kier molecular flexibility index (Phi) is 7.85. The largest absolute Gasteiger partial charge is 0.488 e. The summed E-state index contributed by atoms with van der Waals surface area (Å²) in [6, 6.07) is 13.2. The molecule has 5 nitrogen and oxygen atoms in total. The molecule has 4 rings (SSSR count). The topological polar surface area (TPSA) is 58.7 Å². The van der Waals surface area contributed by atoms with Crippen molar-refractivity contribution in [3.05, 3.63) is 58.4 Å². The lowest BCUT2D eigenvalue weighted by atomic mass is 10.1. The summed E-state index contributed by atoms with van der Waals surface area (Å²) in [5, 5.41) is 9.63. The monoisotopic (exact) mass is 542 g/mol. The van der Waals surface area contributed by atoms with Crippen LogP contribution < -0.4 is 14.5 Å². The maximum absolute atomic E-state index is 13.6. The van der Waals surface area contributed by atoms with Crippen molar-refractivity contribution in [2.24, 2.45) is 0 Å². The summed E-state index contributed by atoms with van der Waals surface area (Å²) in [6.07, 6.45) is -4.11. The van der Waals surface area contributed by atoms with Gasteiger partial charge in [0.25, 0.3) is 0 Å². The molecule has 0 amide bonds. The standard InChI is InChI=1S/C24H23ClF3N3O2S2/c1-14(32)29-20-6-4-3-5-17(20)18-12-22(34-23(18)25)35-30-15-7-8-19(24(26,27)28)21(11-15)33-16-9-10-31(2)13-16/h3-8,11-12,16,30H,9-10,13H2,1-2H3,(H,29,32)/p+1/t16-/m1/s1. The number of nitrogens with one attached hydrogen (secondary N) is 2. The molecule has 1 aliphatic heterocycles. The first-order valence-electron chi connectivity index (χ1n) is 10.8. The third-order valence-electron chi connectivity index (χ3n) is 5.40. The zero-order chi connectivity index (χ0) is 25.2.